The summed E-state index contributed by atoms with van der Waals surface area (Å²) in [6.45, 7) is 3.28. The van der Waals surface area contributed by atoms with Crippen molar-refractivity contribution in [3.05, 3.63) is 34.5 Å². The molecule has 108 valence electrons. The van der Waals surface area contributed by atoms with E-state index in [1.165, 1.54) is 0 Å². The molecular weight excluding hydrogens is 276 g/mol. The van der Waals surface area contributed by atoms with Crippen LogP contribution in [0, 0.1) is 0 Å². The number of aliphatic carboxylic acids is 1. The molecule has 2 rings (SSSR count). The largest absolute Gasteiger partial charge is 0.481 e. The molecule has 2 aromatic rings. The molecule has 0 saturated heterocycles. The highest BCUT2D eigenvalue weighted by molar-refractivity contribution is 7.09. The number of aromatic nitrogens is 3. The first-order chi connectivity index (χ1) is 9.56. The van der Waals surface area contributed by atoms with Gasteiger partial charge in [0.25, 0.3) is 0 Å². The number of carboxylic acids is 1. The van der Waals surface area contributed by atoms with Crippen LogP contribution in [0.2, 0.25) is 0 Å². The van der Waals surface area contributed by atoms with Crippen molar-refractivity contribution >= 4 is 17.3 Å². The predicted molar refractivity (Wildman–Crippen MR) is 76.5 cm³/mol. The molecule has 0 aliphatic carbocycles. The Morgan fingerprint density at radius 1 is 1.60 bits per heavy atom. The molecule has 2 heterocycles. The van der Waals surface area contributed by atoms with Crippen molar-refractivity contribution in [2.24, 2.45) is 0 Å². The minimum absolute atomic E-state index is 0.0898. The fourth-order valence-corrected chi connectivity index (χ4v) is 2.63. The maximum absolute atomic E-state index is 10.5. The summed E-state index contributed by atoms with van der Waals surface area (Å²) in [5, 5.41) is 15.9. The highest BCUT2D eigenvalue weighted by Crippen LogP contribution is 2.22. The van der Waals surface area contributed by atoms with E-state index >= 15 is 0 Å². The Labute approximate surface area is 121 Å². The topological polar surface area (TPSA) is 71.2 Å². The van der Waals surface area contributed by atoms with Gasteiger partial charge in [0.1, 0.15) is 5.01 Å². The van der Waals surface area contributed by atoms with Crippen molar-refractivity contribution in [1.82, 2.24) is 19.7 Å². The molecule has 1 N–H and O–H groups in total. The van der Waals surface area contributed by atoms with E-state index in [9.17, 15) is 4.79 Å². The summed E-state index contributed by atoms with van der Waals surface area (Å²) in [6, 6.07) is 0.248. The molecule has 6 nitrogen and oxygen atoms in total. The number of hydrogen-bond acceptors (Lipinski definition) is 5. The van der Waals surface area contributed by atoms with Crippen molar-refractivity contribution in [2.75, 3.05) is 7.05 Å². The van der Waals surface area contributed by atoms with E-state index in [1.54, 1.807) is 22.2 Å². The van der Waals surface area contributed by atoms with Gasteiger partial charge in [-0.1, -0.05) is 0 Å². The van der Waals surface area contributed by atoms with E-state index in [0.29, 0.717) is 6.54 Å². The Morgan fingerprint density at radius 2 is 2.40 bits per heavy atom. The van der Waals surface area contributed by atoms with E-state index < -0.39 is 5.97 Å². The molecule has 0 fully saturated rings. The summed E-state index contributed by atoms with van der Waals surface area (Å²) < 4.78 is 1.67. The first kappa shape index (κ1) is 14.7. The van der Waals surface area contributed by atoms with Crippen molar-refractivity contribution in [3.63, 3.8) is 0 Å². The number of aryl methyl sites for hydroxylation is 1. The molecule has 0 bridgehead atoms. The summed E-state index contributed by atoms with van der Waals surface area (Å²) in [6.07, 6.45) is 5.58. The van der Waals surface area contributed by atoms with Crippen LogP contribution in [0.5, 0.6) is 0 Å². The maximum atomic E-state index is 10.5. The molecule has 0 saturated carbocycles. The van der Waals surface area contributed by atoms with Gasteiger partial charge >= 0.3 is 5.97 Å². The summed E-state index contributed by atoms with van der Waals surface area (Å²) in [7, 11) is 2.04. The normalized spacial score (nSPS) is 12.8. The lowest BCUT2D eigenvalue weighted by atomic mass is 10.2. The van der Waals surface area contributed by atoms with Crippen LogP contribution < -0.4 is 0 Å². The van der Waals surface area contributed by atoms with Gasteiger partial charge in [0, 0.05) is 29.9 Å². The second-order valence-electron chi connectivity index (χ2n) is 4.72. The highest BCUT2D eigenvalue weighted by Gasteiger charge is 2.14. The maximum Gasteiger partial charge on any atom is 0.305 e. The van der Waals surface area contributed by atoms with E-state index in [-0.39, 0.29) is 12.5 Å². The number of hydrogen-bond donors (Lipinski definition) is 1. The third-order valence-corrected chi connectivity index (χ3v) is 4.09. The molecule has 0 amide bonds. The zero-order chi connectivity index (χ0) is 14.5. The minimum atomic E-state index is -0.809. The van der Waals surface area contributed by atoms with Gasteiger partial charge in [-0.2, -0.15) is 5.10 Å². The number of rotatable bonds is 7. The van der Waals surface area contributed by atoms with Gasteiger partial charge < -0.3 is 5.11 Å². The molecule has 2 aromatic heterocycles. The Hall–Kier alpha value is -1.73. The van der Waals surface area contributed by atoms with Gasteiger partial charge in [0.2, 0.25) is 0 Å². The van der Waals surface area contributed by atoms with Crippen LogP contribution in [-0.4, -0.2) is 37.8 Å². The van der Waals surface area contributed by atoms with Gasteiger partial charge in [0.05, 0.1) is 25.2 Å². The lowest BCUT2D eigenvalue weighted by molar-refractivity contribution is -0.137. The summed E-state index contributed by atoms with van der Waals surface area (Å²) in [5.41, 5.74) is 1.07. The van der Waals surface area contributed by atoms with Crippen molar-refractivity contribution in [1.29, 1.82) is 0 Å². The first-order valence-corrected chi connectivity index (χ1v) is 7.27. The van der Waals surface area contributed by atoms with Gasteiger partial charge in [-0.25, -0.2) is 4.98 Å². The number of thiazole rings is 1. The third-order valence-electron chi connectivity index (χ3n) is 3.14. The average molecular weight is 294 g/mol. The van der Waals surface area contributed by atoms with E-state index in [1.807, 2.05) is 24.8 Å². The second kappa shape index (κ2) is 6.62. The lowest BCUT2D eigenvalue weighted by Crippen LogP contribution is -2.21. The molecule has 0 spiro atoms. The fraction of sp³-hybridized carbons (Fsp3) is 0.462. The zero-order valence-corrected chi connectivity index (χ0v) is 12.4. The van der Waals surface area contributed by atoms with Crippen LogP contribution in [0.15, 0.2) is 24.0 Å². The molecule has 0 aromatic carbocycles. The smallest absolute Gasteiger partial charge is 0.305 e. The Balaban J connectivity index is 1.91. The van der Waals surface area contributed by atoms with Crippen LogP contribution in [0.25, 0.3) is 0 Å². The van der Waals surface area contributed by atoms with Crippen LogP contribution in [0.3, 0.4) is 0 Å². The van der Waals surface area contributed by atoms with Crippen molar-refractivity contribution in [2.45, 2.75) is 32.5 Å². The quantitative estimate of drug-likeness (QED) is 0.845. The van der Waals surface area contributed by atoms with Crippen molar-refractivity contribution in [3.8, 4) is 0 Å². The SMILES string of the molecule is CC(c1nccs1)N(C)Cc1cnn(CCC(=O)O)c1. The number of carboxylic acid groups (broad SMARTS) is 1. The van der Waals surface area contributed by atoms with Gasteiger partial charge in [-0.05, 0) is 14.0 Å². The predicted octanol–water partition coefficient (Wildman–Crippen LogP) is 2.01. The van der Waals surface area contributed by atoms with Gasteiger partial charge in [-0.15, -0.1) is 11.3 Å². The first-order valence-electron chi connectivity index (χ1n) is 6.39. The average Bonchev–Trinajstić information content (AvgIpc) is 3.06. The van der Waals surface area contributed by atoms with Crippen LogP contribution >= 0.6 is 11.3 Å². The number of nitrogens with zero attached hydrogens (tertiary/aromatic N) is 4. The molecule has 0 radical (unpaired) electrons. The molecule has 1 unspecified atom stereocenters. The monoisotopic (exact) mass is 294 g/mol. The van der Waals surface area contributed by atoms with E-state index in [2.05, 4.69) is 21.9 Å². The molecule has 1 atom stereocenters. The molecular formula is C13H18N4O2S. The second-order valence-corrected chi connectivity index (χ2v) is 5.64. The van der Waals surface area contributed by atoms with Gasteiger partial charge in [0.15, 0.2) is 0 Å². The van der Waals surface area contributed by atoms with Gasteiger partial charge in [-0.3, -0.25) is 14.4 Å². The Morgan fingerprint density at radius 3 is 3.05 bits per heavy atom. The fourth-order valence-electron chi connectivity index (χ4n) is 1.87. The van der Waals surface area contributed by atoms with E-state index in [0.717, 1.165) is 17.1 Å². The third kappa shape index (κ3) is 3.88. The van der Waals surface area contributed by atoms with Crippen LogP contribution in [-0.2, 0) is 17.9 Å². The summed E-state index contributed by atoms with van der Waals surface area (Å²) >= 11 is 1.65. The van der Waals surface area contributed by atoms with E-state index in [4.69, 9.17) is 5.11 Å². The highest BCUT2D eigenvalue weighted by atomic mass is 32.1. The standard InChI is InChI=1S/C13H18N4O2S/c1-10(13-14-4-6-20-13)16(2)8-11-7-15-17(9-11)5-3-12(18)19/h4,6-7,9-10H,3,5,8H2,1-2H3,(H,18,19). The Kier molecular flexibility index (Phi) is 4.86. The zero-order valence-electron chi connectivity index (χ0n) is 11.6. The molecule has 0 aliphatic rings. The summed E-state index contributed by atoms with van der Waals surface area (Å²) in [4.78, 5) is 17.0. The lowest BCUT2D eigenvalue weighted by Gasteiger charge is -2.22. The number of carbonyl (C=O) groups is 1. The molecule has 7 heteroatoms. The van der Waals surface area contributed by atoms with Crippen LogP contribution in [0.1, 0.15) is 30.0 Å². The van der Waals surface area contributed by atoms with Crippen molar-refractivity contribution < 1.29 is 9.90 Å². The van der Waals surface area contributed by atoms with Crippen LogP contribution in [0.4, 0.5) is 0 Å². The molecule has 20 heavy (non-hydrogen) atoms. The molecule has 0 aliphatic heterocycles. The summed E-state index contributed by atoms with van der Waals surface area (Å²) in [5.74, 6) is -0.809. The minimum Gasteiger partial charge on any atom is -0.481 e. The Bertz CT molecular complexity index is 552.